The Morgan fingerprint density at radius 1 is 1.31 bits per heavy atom. The third-order valence-electron chi connectivity index (χ3n) is 5.08. The maximum absolute atomic E-state index is 13.0. The molecule has 0 fully saturated rings. The maximum Gasteiger partial charge on any atom is 0.241 e. The first-order chi connectivity index (χ1) is 12.5. The second-order valence-corrected chi connectivity index (χ2v) is 7.23. The van der Waals surface area contributed by atoms with Crippen molar-refractivity contribution in [2.24, 2.45) is 0 Å². The van der Waals surface area contributed by atoms with Crippen LogP contribution in [0.15, 0.2) is 42.5 Å². The van der Waals surface area contributed by atoms with Crippen LogP contribution >= 0.6 is 11.6 Å². The Labute approximate surface area is 160 Å². The molecule has 0 saturated carbocycles. The number of methoxy groups -OCH3 is 1. The van der Waals surface area contributed by atoms with Gasteiger partial charge in [-0.1, -0.05) is 23.7 Å². The van der Waals surface area contributed by atoms with Gasteiger partial charge in [0.15, 0.2) is 0 Å². The molecular formula is C21H25ClN2O2. The number of halogens is 1. The summed E-state index contributed by atoms with van der Waals surface area (Å²) in [6, 6.07) is 13.9. The number of hydrogen-bond donors (Lipinski definition) is 0. The van der Waals surface area contributed by atoms with Crippen molar-refractivity contribution >= 4 is 23.2 Å². The van der Waals surface area contributed by atoms with Gasteiger partial charge in [-0.2, -0.15) is 0 Å². The van der Waals surface area contributed by atoms with Gasteiger partial charge in [0.1, 0.15) is 5.75 Å². The smallest absolute Gasteiger partial charge is 0.241 e. The van der Waals surface area contributed by atoms with Crippen molar-refractivity contribution in [3.63, 3.8) is 0 Å². The summed E-state index contributed by atoms with van der Waals surface area (Å²) in [5.74, 6) is 0.956. The molecule has 0 bridgehead atoms. The standard InChI is InChI=1S/C21H25ClN2O2/c1-15(16-6-4-8-18(22)12-16)23(2)14-21(25)24-11-5-7-17-13-19(26-3)9-10-20(17)24/h4,6,8-10,12-13,15H,5,7,11,14H2,1-3H3. The van der Waals surface area contributed by atoms with Crippen molar-refractivity contribution in [3.8, 4) is 5.75 Å². The number of benzene rings is 2. The molecule has 5 heteroatoms. The minimum atomic E-state index is 0.109. The van der Waals surface area contributed by atoms with Gasteiger partial charge in [0, 0.05) is 23.3 Å². The van der Waals surface area contributed by atoms with E-state index in [1.165, 1.54) is 5.56 Å². The van der Waals surface area contributed by atoms with Crippen molar-refractivity contribution < 1.29 is 9.53 Å². The fourth-order valence-corrected chi connectivity index (χ4v) is 3.61. The summed E-state index contributed by atoms with van der Waals surface area (Å²) in [4.78, 5) is 16.9. The zero-order valence-electron chi connectivity index (χ0n) is 15.5. The number of anilines is 1. The van der Waals surface area contributed by atoms with Crippen LogP contribution in [-0.4, -0.2) is 38.1 Å². The van der Waals surface area contributed by atoms with Gasteiger partial charge < -0.3 is 9.64 Å². The Hall–Kier alpha value is -2.04. The first-order valence-electron chi connectivity index (χ1n) is 8.92. The Bertz CT molecular complexity index is 793. The van der Waals surface area contributed by atoms with E-state index in [0.717, 1.165) is 36.4 Å². The molecule has 1 atom stereocenters. The molecule has 1 heterocycles. The first kappa shape index (κ1) is 18.7. The Morgan fingerprint density at radius 2 is 2.12 bits per heavy atom. The molecule has 26 heavy (non-hydrogen) atoms. The number of amides is 1. The van der Waals surface area contributed by atoms with E-state index >= 15 is 0 Å². The highest BCUT2D eigenvalue weighted by molar-refractivity contribution is 6.30. The van der Waals surface area contributed by atoms with E-state index in [0.29, 0.717) is 11.6 Å². The summed E-state index contributed by atoms with van der Waals surface area (Å²) in [5.41, 5.74) is 3.29. The van der Waals surface area contributed by atoms with Crippen molar-refractivity contribution in [1.29, 1.82) is 0 Å². The van der Waals surface area contributed by atoms with Gasteiger partial charge in [-0.25, -0.2) is 0 Å². The van der Waals surface area contributed by atoms with Gasteiger partial charge in [0.25, 0.3) is 0 Å². The lowest BCUT2D eigenvalue weighted by molar-refractivity contribution is -0.120. The first-order valence-corrected chi connectivity index (χ1v) is 9.30. The largest absolute Gasteiger partial charge is 0.497 e. The number of nitrogens with zero attached hydrogens (tertiary/aromatic N) is 2. The number of aryl methyl sites for hydroxylation is 1. The summed E-state index contributed by atoms with van der Waals surface area (Å²) in [6.07, 6.45) is 1.95. The van der Waals surface area contributed by atoms with Crippen molar-refractivity contribution in [1.82, 2.24) is 4.90 Å². The molecule has 0 aromatic heterocycles. The number of carbonyl (C=O) groups excluding carboxylic acids is 1. The molecule has 2 aromatic rings. The summed E-state index contributed by atoms with van der Waals surface area (Å²) < 4.78 is 5.31. The van der Waals surface area contributed by atoms with Crippen LogP contribution in [0.25, 0.3) is 0 Å². The fourth-order valence-electron chi connectivity index (χ4n) is 3.42. The average molecular weight is 373 g/mol. The number of fused-ring (bicyclic) bond motifs is 1. The molecule has 4 nitrogen and oxygen atoms in total. The summed E-state index contributed by atoms with van der Waals surface area (Å²) in [5, 5.41) is 0.716. The molecule has 3 rings (SSSR count). The zero-order chi connectivity index (χ0) is 18.7. The predicted molar refractivity (Wildman–Crippen MR) is 106 cm³/mol. The van der Waals surface area contributed by atoms with Crippen molar-refractivity contribution in [3.05, 3.63) is 58.6 Å². The number of hydrogen-bond acceptors (Lipinski definition) is 3. The van der Waals surface area contributed by atoms with Crippen LogP contribution in [0.5, 0.6) is 5.75 Å². The van der Waals surface area contributed by atoms with E-state index in [2.05, 4.69) is 11.8 Å². The van der Waals surface area contributed by atoms with Gasteiger partial charge >= 0.3 is 0 Å². The molecule has 2 aromatic carbocycles. The second-order valence-electron chi connectivity index (χ2n) is 6.79. The number of carbonyl (C=O) groups is 1. The van der Waals surface area contributed by atoms with Crippen LogP contribution in [0.4, 0.5) is 5.69 Å². The number of likely N-dealkylation sites (N-methyl/N-ethyl adjacent to an activating group) is 1. The molecule has 0 saturated heterocycles. The van der Waals surface area contributed by atoms with E-state index < -0.39 is 0 Å². The molecule has 0 aliphatic carbocycles. The Kier molecular flexibility index (Phi) is 5.84. The summed E-state index contributed by atoms with van der Waals surface area (Å²) in [7, 11) is 3.64. The fraction of sp³-hybridized carbons (Fsp3) is 0.381. The SMILES string of the molecule is COc1ccc2c(c1)CCCN2C(=O)CN(C)C(C)c1cccc(Cl)c1. The average Bonchev–Trinajstić information content (AvgIpc) is 2.66. The van der Waals surface area contributed by atoms with E-state index in [-0.39, 0.29) is 11.9 Å². The van der Waals surface area contributed by atoms with Gasteiger partial charge in [-0.3, -0.25) is 9.69 Å². The van der Waals surface area contributed by atoms with E-state index in [1.54, 1.807) is 7.11 Å². The van der Waals surface area contributed by atoms with Gasteiger partial charge in [-0.15, -0.1) is 0 Å². The van der Waals surface area contributed by atoms with Crippen LogP contribution < -0.4 is 9.64 Å². The highest BCUT2D eigenvalue weighted by atomic mass is 35.5. The van der Waals surface area contributed by atoms with Crippen LogP contribution in [-0.2, 0) is 11.2 Å². The third kappa shape index (κ3) is 4.02. The third-order valence-corrected chi connectivity index (χ3v) is 5.32. The number of ether oxygens (including phenoxy) is 1. The molecule has 0 radical (unpaired) electrons. The van der Waals surface area contributed by atoms with Crippen LogP contribution in [0.3, 0.4) is 0 Å². The molecule has 1 aliphatic heterocycles. The second kappa shape index (κ2) is 8.11. The molecule has 1 unspecified atom stereocenters. The maximum atomic E-state index is 13.0. The minimum Gasteiger partial charge on any atom is -0.497 e. The van der Waals surface area contributed by atoms with Crippen LogP contribution in [0, 0.1) is 0 Å². The molecule has 1 aliphatic rings. The van der Waals surface area contributed by atoms with Crippen LogP contribution in [0.2, 0.25) is 5.02 Å². The summed E-state index contributed by atoms with van der Waals surface area (Å²) >= 11 is 6.10. The molecule has 0 spiro atoms. The highest BCUT2D eigenvalue weighted by Crippen LogP contribution is 2.31. The van der Waals surface area contributed by atoms with E-state index in [4.69, 9.17) is 16.3 Å². The van der Waals surface area contributed by atoms with E-state index in [1.807, 2.05) is 54.4 Å². The van der Waals surface area contributed by atoms with E-state index in [9.17, 15) is 4.79 Å². The van der Waals surface area contributed by atoms with Crippen molar-refractivity contribution in [2.75, 3.05) is 32.1 Å². The lowest BCUT2D eigenvalue weighted by Gasteiger charge is -2.32. The Morgan fingerprint density at radius 3 is 2.85 bits per heavy atom. The van der Waals surface area contributed by atoms with Crippen molar-refractivity contribution in [2.45, 2.75) is 25.8 Å². The zero-order valence-corrected chi connectivity index (χ0v) is 16.3. The lowest BCUT2D eigenvalue weighted by Crippen LogP contribution is -2.42. The highest BCUT2D eigenvalue weighted by Gasteiger charge is 2.25. The Balaban J connectivity index is 1.72. The number of rotatable bonds is 5. The molecule has 1 amide bonds. The lowest BCUT2D eigenvalue weighted by atomic mass is 10.0. The quantitative estimate of drug-likeness (QED) is 0.783. The normalized spacial score (nSPS) is 14.9. The predicted octanol–water partition coefficient (Wildman–Crippen LogP) is 4.32. The van der Waals surface area contributed by atoms with Gasteiger partial charge in [-0.05, 0) is 68.3 Å². The summed E-state index contributed by atoms with van der Waals surface area (Å²) in [6.45, 7) is 3.21. The molecule has 138 valence electrons. The molecular weight excluding hydrogens is 348 g/mol. The monoisotopic (exact) mass is 372 g/mol. The van der Waals surface area contributed by atoms with Crippen LogP contribution in [0.1, 0.15) is 30.5 Å². The van der Waals surface area contributed by atoms with Gasteiger partial charge in [0.2, 0.25) is 5.91 Å². The molecule has 0 N–H and O–H groups in total. The topological polar surface area (TPSA) is 32.8 Å². The van der Waals surface area contributed by atoms with Gasteiger partial charge in [0.05, 0.1) is 13.7 Å². The minimum absolute atomic E-state index is 0.109.